The number of nitrogens with one attached hydrogen (secondary N) is 4. The van der Waals surface area contributed by atoms with Crippen LogP contribution in [0.25, 0.3) is 0 Å². The van der Waals surface area contributed by atoms with Crippen LogP contribution in [0.15, 0.2) is 18.2 Å². The molecule has 3 rings (SSSR count). The second-order valence-corrected chi connectivity index (χ2v) is 10.6. The molecule has 1 heterocycles. The predicted octanol–water partition coefficient (Wildman–Crippen LogP) is 3.92. The van der Waals surface area contributed by atoms with E-state index in [1.807, 2.05) is 7.05 Å². The van der Waals surface area contributed by atoms with E-state index in [2.05, 4.69) is 21.3 Å². The number of amides is 4. The molecule has 1 aliphatic carbocycles. The van der Waals surface area contributed by atoms with Crippen LogP contribution in [-0.4, -0.2) is 67.8 Å². The van der Waals surface area contributed by atoms with E-state index in [-0.39, 0.29) is 24.5 Å². The molecule has 0 aromatic heterocycles. The average Bonchev–Trinajstić information content (AvgIpc) is 3.12. The summed E-state index contributed by atoms with van der Waals surface area (Å²) in [5.74, 6) is 0.474. The third-order valence-corrected chi connectivity index (χ3v) is 7.73. The van der Waals surface area contributed by atoms with Gasteiger partial charge in [-0.1, -0.05) is 43.7 Å². The van der Waals surface area contributed by atoms with Crippen molar-refractivity contribution >= 4 is 29.6 Å². The van der Waals surface area contributed by atoms with Crippen molar-refractivity contribution < 1.29 is 19.5 Å². The first-order chi connectivity index (χ1) is 17.2. The van der Waals surface area contributed by atoms with Crippen LogP contribution < -0.4 is 21.3 Å². The van der Waals surface area contributed by atoms with E-state index >= 15 is 0 Å². The summed E-state index contributed by atoms with van der Waals surface area (Å²) >= 11 is 6.27. The molecular weight excluding hydrogens is 482 g/mol. The van der Waals surface area contributed by atoms with Crippen LogP contribution in [0.3, 0.4) is 0 Å². The lowest BCUT2D eigenvalue weighted by molar-refractivity contribution is 0.0915. The predicted molar refractivity (Wildman–Crippen MR) is 141 cm³/mol. The molecule has 2 aliphatic rings. The minimum absolute atomic E-state index is 0.0646. The quantitative estimate of drug-likeness (QED) is 0.267. The van der Waals surface area contributed by atoms with Crippen molar-refractivity contribution in [2.24, 2.45) is 5.92 Å². The maximum atomic E-state index is 13.1. The van der Waals surface area contributed by atoms with Gasteiger partial charge in [0, 0.05) is 43.3 Å². The van der Waals surface area contributed by atoms with E-state index in [9.17, 15) is 14.4 Å². The van der Waals surface area contributed by atoms with Crippen LogP contribution in [0.5, 0.6) is 0 Å². The van der Waals surface area contributed by atoms with Gasteiger partial charge in [-0.3, -0.25) is 4.79 Å². The largest absolute Gasteiger partial charge is 0.465 e. The molecule has 0 radical (unpaired) electrons. The number of hydrogen-bond donors (Lipinski definition) is 5. The van der Waals surface area contributed by atoms with Gasteiger partial charge in [0.1, 0.15) is 0 Å². The molecule has 10 heteroatoms. The lowest BCUT2D eigenvalue weighted by Gasteiger charge is -2.33. The topological polar surface area (TPSA) is 123 Å². The number of rotatable bonds is 12. The minimum atomic E-state index is -1.08. The average molecular weight is 522 g/mol. The third kappa shape index (κ3) is 7.49. The Morgan fingerprint density at radius 3 is 2.69 bits per heavy atom. The molecule has 1 aromatic rings. The maximum Gasteiger partial charge on any atom is 0.404 e. The van der Waals surface area contributed by atoms with Crippen molar-refractivity contribution in [2.45, 2.75) is 69.4 Å². The number of likely N-dealkylation sites (N-methyl/N-ethyl adjacent to an activating group) is 1. The van der Waals surface area contributed by atoms with Gasteiger partial charge in [-0.25, -0.2) is 9.59 Å². The minimum Gasteiger partial charge on any atom is -0.465 e. The van der Waals surface area contributed by atoms with E-state index in [0.29, 0.717) is 42.3 Å². The van der Waals surface area contributed by atoms with Crippen LogP contribution in [0.4, 0.5) is 9.59 Å². The fourth-order valence-corrected chi connectivity index (χ4v) is 5.75. The van der Waals surface area contributed by atoms with E-state index in [1.54, 1.807) is 30.1 Å². The summed E-state index contributed by atoms with van der Waals surface area (Å²) in [7, 11) is 3.67. The third-order valence-electron chi connectivity index (χ3n) is 7.49. The molecule has 0 bridgehead atoms. The number of carbonyl (C=O) groups excluding carboxylic acids is 2. The highest BCUT2D eigenvalue weighted by Gasteiger charge is 2.42. The summed E-state index contributed by atoms with van der Waals surface area (Å²) < 4.78 is 0. The first-order valence-corrected chi connectivity index (χ1v) is 13.4. The number of fused-ring (bicyclic) bond motifs is 1. The van der Waals surface area contributed by atoms with Gasteiger partial charge in [0.2, 0.25) is 0 Å². The Kier molecular flexibility index (Phi) is 10.2. The van der Waals surface area contributed by atoms with E-state index in [1.165, 1.54) is 32.1 Å². The fourth-order valence-electron chi connectivity index (χ4n) is 5.58. The number of carbonyl (C=O) groups is 3. The molecule has 0 unspecified atom stereocenters. The second kappa shape index (κ2) is 13.1. The highest BCUT2D eigenvalue weighted by molar-refractivity contribution is 6.30. The van der Waals surface area contributed by atoms with Gasteiger partial charge in [0.15, 0.2) is 0 Å². The summed E-state index contributed by atoms with van der Waals surface area (Å²) in [4.78, 5) is 38.4. The lowest BCUT2D eigenvalue weighted by atomic mass is 9.83. The Hall–Kier alpha value is -2.52. The van der Waals surface area contributed by atoms with Gasteiger partial charge in [-0.2, -0.15) is 0 Å². The molecule has 36 heavy (non-hydrogen) atoms. The van der Waals surface area contributed by atoms with Crippen LogP contribution in [0.1, 0.15) is 73.7 Å². The van der Waals surface area contributed by atoms with Crippen molar-refractivity contribution in [2.75, 3.05) is 33.7 Å². The first kappa shape index (κ1) is 28.1. The van der Waals surface area contributed by atoms with Gasteiger partial charge in [0.05, 0.1) is 5.54 Å². The van der Waals surface area contributed by atoms with Crippen molar-refractivity contribution in [3.8, 4) is 0 Å². The van der Waals surface area contributed by atoms with Crippen molar-refractivity contribution in [3.05, 3.63) is 34.3 Å². The van der Waals surface area contributed by atoms with E-state index < -0.39 is 11.6 Å². The maximum absolute atomic E-state index is 13.1. The summed E-state index contributed by atoms with van der Waals surface area (Å²) in [5, 5.41) is 21.3. The summed E-state index contributed by atoms with van der Waals surface area (Å²) in [6.07, 6.45) is 7.74. The highest BCUT2D eigenvalue weighted by atomic mass is 35.5. The van der Waals surface area contributed by atoms with Gasteiger partial charge in [-0.15, -0.1) is 0 Å². The van der Waals surface area contributed by atoms with Gasteiger partial charge in [-0.05, 0) is 62.4 Å². The van der Waals surface area contributed by atoms with Crippen molar-refractivity contribution in [1.29, 1.82) is 0 Å². The molecular formula is C26H40ClN5O4. The number of nitrogens with zero attached hydrogens (tertiary/aromatic N) is 1. The molecule has 1 saturated carbocycles. The normalized spacial score (nSPS) is 20.4. The van der Waals surface area contributed by atoms with Crippen LogP contribution in [0, 0.1) is 5.92 Å². The number of halogens is 1. The Bertz CT molecular complexity index is 924. The molecule has 1 fully saturated rings. The van der Waals surface area contributed by atoms with Gasteiger partial charge in [0.25, 0.3) is 5.91 Å². The summed E-state index contributed by atoms with van der Waals surface area (Å²) in [5.41, 5.74) is 0.646. The molecule has 4 amide bonds. The van der Waals surface area contributed by atoms with Crippen molar-refractivity contribution in [3.63, 3.8) is 0 Å². The van der Waals surface area contributed by atoms with E-state index in [0.717, 1.165) is 18.5 Å². The second-order valence-electron chi connectivity index (χ2n) is 10.2. The number of carboxylic acid groups (broad SMARTS) is 1. The summed E-state index contributed by atoms with van der Waals surface area (Å²) in [6.45, 7) is 1.41. The zero-order valence-electron chi connectivity index (χ0n) is 21.4. The number of benzene rings is 1. The van der Waals surface area contributed by atoms with E-state index in [4.69, 9.17) is 16.7 Å². The number of urea groups is 1. The molecule has 2 atom stereocenters. The Balaban J connectivity index is 1.65. The fraction of sp³-hybridized carbons (Fsp3) is 0.654. The van der Waals surface area contributed by atoms with Gasteiger partial charge < -0.3 is 31.3 Å². The summed E-state index contributed by atoms with van der Waals surface area (Å²) in [6, 6.07) is 5.13. The van der Waals surface area contributed by atoms with Crippen LogP contribution >= 0.6 is 11.6 Å². The van der Waals surface area contributed by atoms with Gasteiger partial charge >= 0.3 is 12.1 Å². The molecule has 0 spiro atoms. The molecule has 1 aromatic carbocycles. The molecule has 5 N–H and O–H groups in total. The number of hydrogen-bond acceptors (Lipinski definition) is 4. The highest BCUT2D eigenvalue weighted by Crippen LogP contribution is 2.39. The Morgan fingerprint density at radius 1 is 1.25 bits per heavy atom. The van der Waals surface area contributed by atoms with Crippen LogP contribution in [0.2, 0.25) is 5.02 Å². The SMILES string of the molecule is CNC[C@H](CC1CCCCC1)NC(=O)N(C)CC[C@]1(CCCNC(=O)O)NC(=O)c2ccc(Cl)cc21. The van der Waals surface area contributed by atoms with Crippen molar-refractivity contribution in [1.82, 2.24) is 26.2 Å². The van der Waals surface area contributed by atoms with Crippen LogP contribution in [-0.2, 0) is 5.54 Å². The molecule has 200 valence electrons. The smallest absolute Gasteiger partial charge is 0.404 e. The zero-order chi connectivity index (χ0) is 26.1. The molecule has 9 nitrogen and oxygen atoms in total. The Morgan fingerprint density at radius 2 is 2.00 bits per heavy atom. The first-order valence-electron chi connectivity index (χ1n) is 13.0. The molecule has 1 aliphatic heterocycles. The zero-order valence-corrected chi connectivity index (χ0v) is 22.1. The Labute approximate surface area is 218 Å². The lowest BCUT2D eigenvalue weighted by Crippen LogP contribution is -2.49. The standard InChI is InChI=1S/C26H40ClN5O4/c1-28-17-20(15-18-7-4-3-5-8-18)30-24(34)32(2)14-12-26(11-6-13-29-25(35)36)22-16-19(27)9-10-21(22)23(33)31-26/h9-10,16,18,20,28-29H,3-8,11-15,17H2,1-2H3,(H,30,34)(H,31,33)(H,35,36)/t20-,26-/m0/s1. The molecule has 0 saturated heterocycles. The monoisotopic (exact) mass is 521 g/mol.